The molecule has 0 radical (unpaired) electrons. The van der Waals surface area contributed by atoms with Gasteiger partial charge in [0.2, 0.25) is 0 Å². The highest BCUT2D eigenvalue weighted by molar-refractivity contribution is 5.76. The molecule has 0 aliphatic carbocycles. The van der Waals surface area contributed by atoms with E-state index in [2.05, 4.69) is 0 Å². The topological polar surface area (TPSA) is 93.1 Å². The van der Waals surface area contributed by atoms with Crippen LogP contribution in [0.2, 0.25) is 0 Å². The number of aliphatic hydroxyl groups excluding tert-OH is 2. The van der Waals surface area contributed by atoms with Crippen LogP contribution >= 0.6 is 0 Å². The number of hydrogen-bond donors (Lipinski definition) is 2. The third kappa shape index (κ3) is 4.04. The lowest BCUT2D eigenvalue weighted by molar-refractivity contribution is -0.118. The van der Waals surface area contributed by atoms with Crippen LogP contribution in [0, 0.1) is 0 Å². The molecule has 1 aromatic rings. The Labute approximate surface area is 110 Å². The number of carbonyl (C=O) groups is 2. The van der Waals surface area contributed by atoms with Crippen LogP contribution in [0.5, 0.6) is 11.5 Å². The summed E-state index contributed by atoms with van der Waals surface area (Å²) in [5, 5.41) is 18.3. The van der Waals surface area contributed by atoms with Gasteiger partial charge in [-0.1, -0.05) is 0 Å². The molecule has 104 valence electrons. The van der Waals surface area contributed by atoms with Crippen LogP contribution in [-0.4, -0.2) is 48.7 Å². The Hall–Kier alpha value is -1.92. The lowest BCUT2D eigenvalue weighted by Gasteiger charge is -2.20. The molecule has 2 unspecified atom stereocenters. The Kier molecular flexibility index (Phi) is 5.98. The highest BCUT2D eigenvalue weighted by Crippen LogP contribution is 2.28. The van der Waals surface area contributed by atoms with E-state index in [0.29, 0.717) is 18.1 Å². The van der Waals surface area contributed by atoms with E-state index < -0.39 is 12.2 Å². The summed E-state index contributed by atoms with van der Waals surface area (Å²) in [4.78, 5) is 21.5. The molecule has 0 saturated carbocycles. The minimum absolute atomic E-state index is 0.0259. The van der Waals surface area contributed by atoms with Crippen LogP contribution in [-0.2, 0) is 4.79 Å². The molecule has 0 fully saturated rings. The third-order valence-electron chi connectivity index (χ3n) is 2.53. The van der Waals surface area contributed by atoms with Crippen molar-refractivity contribution in [2.24, 2.45) is 0 Å². The highest BCUT2D eigenvalue weighted by atomic mass is 16.5. The van der Waals surface area contributed by atoms with Gasteiger partial charge in [-0.05, 0) is 18.2 Å². The summed E-state index contributed by atoms with van der Waals surface area (Å²) in [6, 6.07) is 4.44. The van der Waals surface area contributed by atoms with Crippen molar-refractivity contribution >= 4 is 12.6 Å². The molecular formula is C13H16O6. The average Bonchev–Trinajstić information content (AvgIpc) is 2.44. The van der Waals surface area contributed by atoms with Gasteiger partial charge in [0.25, 0.3) is 0 Å². The van der Waals surface area contributed by atoms with Crippen LogP contribution in [0.1, 0.15) is 16.8 Å². The summed E-state index contributed by atoms with van der Waals surface area (Å²) in [6.45, 7) is -0.254. The molecule has 0 heterocycles. The minimum atomic E-state index is -1.11. The summed E-state index contributed by atoms with van der Waals surface area (Å²) in [5.41, 5.74) is 0.405. The fourth-order valence-corrected chi connectivity index (χ4v) is 1.50. The van der Waals surface area contributed by atoms with E-state index >= 15 is 0 Å². The van der Waals surface area contributed by atoms with E-state index in [9.17, 15) is 14.7 Å². The maximum absolute atomic E-state index is 10.9. The van der Waals surface area contributed by atoms with Crippen molar-refractivity contribution in [1.82, 2.24) is 0 Å². The molecular weight excluding hydrogens is 252 g/mol. The maximum atomic E-state index is 10.9. The predicted octanol–water partition coefficient (Wildman–Crippen LogP) is 0.197. The summed E-state index contributed by atoms with van der Waals surface area (Å²) < 4.78 is 10.4. The van der Waals surface area contributed by atoms with Gasteiger partial charge in [0.1, 0.15) is 6.29 Å². The summed E-state index contributed by atoms with van der Waals surface area (Å²) in [5.74, 6) is 0.523. The number of carbonyl (C=O) groups excluding carboxylic acids is 2. The lowest BCUT2D eigenvalue weighted by atomic mass is 10.1. The van der Waals surface area contributed by atoms with Gasteiger partial charge in [0.15, 0.2) is 23.9 Å². The molecule has 1 aromatic carbocycles. The Morgan fingerprint density at radius 3 is 2.58 bits per heavy atom. The van der Waals surface area contributed by atoms with Crippen LogP contribution < -0.4 is 9.47 Å². The first-order chi connectivity index (χ1) is 9.15. The van der Waals surface area contributed by atoms with Crippen molar-refractivity contribution < 1.29 is 29.3 Å². The van der Waals surface area contributed by atoms with Gasteiger partial charge < -0.3 is 19.7 Å². The van der Waals surface area contributed by atoms with Crippen molar-refractivity contribution in [3.05, 3.63) is 23.8 Å². The zero-order valence-corrected chi connectivity index (χ0v) is 10.5. The predicted molar refractivity (Wildman–Crippen MR) is 66.6 cm³/mol. The Balaban J connectivity index is 2.90. The van der Waals surface area contributed by atoms with Crippen molar-refractivity contribution in [3.8, 4) is 11.5 Å². The van der Waals surface area contributed by atoms with E-state index in [0.717, 1.165) is 0 Å². The van der Waals surface area contributed by atoms with Crippen molar-refractivity contribution in [1.29, 1.82) is 0 Å². The highest BCUT2D eigenvalue weighted by Gasteiger charge is 2.21. The summed E-state index contributed by atoms with van der Waals surface area (Å²) in [7, 11) is 1.40. The van der Waals surface area contributed by atoms with Crippen molar-refractivity contribution in [2.45, 2.75) is 18.6 Å². The van der Waals surface area contributed by atoms with Gasteiger partial charge in [-0.15, -0.1) is 0 Å². The van der Waals surface area contributed by atoms with Gasteiger partial charge in [0, 0.05) is 18.6 Å². The number of aldehydes is 2. The standard InChI is InChI=1S/C13H16O6/c1-18-12-6-9(7-15)2-3-11(12)19-13(8-16)10(17)4-5-14/h2-3,6-8,10,13-14,17H,4-5H2,1H3. The van der Waals surface area contributed by atoms with E-state index in [4.69, 9.17) is 14.6 Å². The lowest BCUT2D eigenvalue weighted by Crippen LogP contribution is -2.34. The Bertz CT molecular complexity index is 431. The molecule has 2 N–H and O–H groups in total. The molecule has 0 bridgehead atoms. The number of benzene rings is 1. The van der Waals surface area contributed by atoms with Gasteiger partial charge in [-0.3, -0.25) is 9.59 Å². The molecule has 0 aliphatic heterocycles. The molecule has 0 amide bonds. The second-order valence-corrected chi connectivity index (χ2v) is 3.83. The number of rotatable bonds is 8. The number of hydrogen-bond acceptors (Lipinski definition) is 6. The molecule has 0 spiro atoms. The molecule has 0 aliphatic rings. The van der Waals surface area contributed by atoms with Gasteiger partial charge in [-0.2, -0.15) is 0 Å². The van der Waals surface area contributed by atoms with Gasteiger partial charge in [-0.25, -0.2) is 0 Å². The third-order valence-corrected chi connectivity index (χ3v) is 2.53. The largest absolute Gasteiger partial charge is 0.493 e. The SMILES string of the molecule is COc1cc(C=O)ccc1OC(C=O)C(O)CCO. The number of methoxy groups -OCH3 is 1. The van der Waals surface area contributed by atoms with E-state index in [-0.39, 0.29) is 24.5 Å². The smallest absolute Gasteiger partial charge is 0.179 e. The number of aliphatic hydroxyl groups is 2. The van der Waals surface area contributed by atoms with Crippen LogP contribution in [0.15, 0.2) is 18.2 Å². The van der Waals surface area contributed by atoms with Crippen LogP contribution in [0.25, 0.3) is 0 Å². The first-order valence-electron chi connectivity index (χ1n) is 5.70. The van der Waals surface area contributed by atoms with Gasteiger partial charge in [0.05, 0.1) is 13.2 Å². The van der Waals surface area contributed by atoms with E-state index in [1.54, 1.807) is 0 Å². The second-order valence-electron chi connectivity index (χ2n) is 3.83. The van der Waals surface area contributed by atoms with Gasteiger partial charge >= 0.3 is 0 Å². The molecule has 19 heavy (non-hydrogen) atoms. The van der Waals surface area contributed by atoms with E-state index in [1.165, 1.54) is 25.3 Å². The van der Waals surface area contributed by atoms with Crippen LogP contribution in [0.3, 0.4) is 0 Å². The van der Waals surface area contributed by atoms with Crippen molar-refractivity contribution in [2.75, 3.05) is 13.7 Å². The number of ether oxygens (including phenoxy) is 2. The minimum Gasteiger partial charge on any atom is -0.493 e. The Morgan fingerprint density at radius 1 is 1.32 bits per heavy atom. The molecule has 6 nitrogen and oxygen atoms in total. The first kappa shape index (κ1) is 15.1. The second kappa shape index (κ2) is 7.50. The zero-order chi connectivity index (χ0) is 14.3. The molecule has 0 saturated heterocycles. The molecule has 1 rings (SSSR count). The molecule has 6 heteroatoms. The Morgan fingerprint density at radius 2 is 2.05 bits per heavy atom. The van der Waals surface area contributed by atoms with Crippen molar-refractivity contribution in [3.63, 3.8) is 0 Å². The zero-order valence-electron chi connectivity index (χ0n) is 10.5. The molecule has 2 atom stereocenters. The summed E-state index contributed by atoms with van der Waals surface area (Å²) >= 11 is 0. The quantitative estimate of drug-likeness (QED) is 0.654. The normalized spacial score (nSPS) is 13.4. The fourth-order valence-electron chi connectivity index (χ4n) is 1.50. The first-order valence-corrected chi connectivity index (χ1v) is 5.70. The average molecular weight is 268 g/mol. The van der Waals surface area contributed by atoms with E-state index in [1.807, 2.05) is 0 Å². The summed E-state index contributed by atoms with van der Waals surface area (Å²) in [6.07, 6.45) is -1.09. The van der Waals surface area contributed by atoms with Crippen LogP contribution in [0.4, 0.5) is 0 Å². The monoisotopic (exact) mass is 268 g/mol. The molecule has 0 aromatic heterocycles. The maximum Gasteiger partial charge on any atom is 0.179 e. The fraction of sp³-hybridized carbons (Fsp3) is 0.385.